The molecule has 0 fully saturated rings. The van der Waals surface area contributed by atoms with E-state index in [0.717, 1.165) is 0 Å². The number of hydrogen-bond acceptors (Lipinski definition) is 3. The van der Waals surface area contributed by atoms with Crippen LogP contribution in [-0.2, 0) is 11.8 Å². The summed E-state index contributed by atoms with van der Waals surface area (Å²) in [5.74, 6) is -0.475. The molecule has 0 saturated heterocycles. The van der Waals surface area contributed by atoms with Crippen molar-refractivity contribution in [2.75, 3.05) is 17.2 Å². The summed E-state index contributed by atoms with van der Waals surface area (Å²) >= 11 is 0. The maximum Gasteiger partial charge on any atom is 0.243 e. The molecule has 92 valence electrons. The number of carbonyl (C=O) groups is 1. The Morgan fingerprint density at radius 2 is 2.22 bits per heavy atom. The molecule has 3 rings (SSSR count). The van der Waals surface area contributed by atoms with Gasteiger partial charge in [-0.3, -0.25) is 9.48 Å². The summed E-state index contributed by atoms with van der Waals surface area (Å²) in [5.41, 5.74) is 2.29. The molecule has 0 bridgehead atoms. The predicted octanol–water partition coefficient (Wildman–Crippen LogP) is 1.59. The Kier molecular flexibility index (Phi) is 2.29. The lowest BCUT2D eigenvalue weighted by molar-refractivity contribution is -0.114. The molecular formula is C12H11FN4O. The Hall–Kier alpha value is -2.37. The van der Waals surface area contributed by atoms with Crippen LogP contribution in [0.25, 0.3) is 11.1 Å². The molecule has 2 aromatic rings. The van der Waals surface area contributed by atoms with Crippen LogP contribution in [0, 0.1) is 5.82 Å². The summed E-state index contributed by atoms with van der Waals surface area (Å²) in [4.78, 5) is 11.3. The van der Waals surface area contributed by atoms with Crippen LogP contribution >= 0.6 is 0 Å². The van der Waals surface area contributed by atoms with Crippen molar-refractivity contribution in [1.29, 1.82) is 0 Å². The molecule has 0 unspecified atom stereocenters. The van der Waals surface area contributed by atoms with Crippen molar-refractivity contribution in [3.63, 3.8) is 0 Å². The van der Waals surface area contributed by atoms with Gasteiger partial charge >= 0.3 is 0 Å². The Morgan fingerprint density at radius 3 is 2.94 bits per heavy atom. The number of hydrogen-bond donors (Lipinski definition) is 2. The highest BCUT2D eigenvalue weighted by Gasteiger charge is 2.18. The number of fused-ring (bicyclic) bond motifs is 1. The summed E-state index contributed by atoms with van der Waals surface area (Å²) < 4.78 is 15.6. The van der Waals surface area contributed by atoms with Crippen molar-refractivity contribution in [3.8, 4) is 11.1 Å². The molecule has 0 saturated carbocycles. The van der Waals surface area contributed by atoms with Gasteiger partial charge in [-0.1, -0.05) is 0 Å². The van der Waals surface area contributed by atoms with Gasteiger partial charge in [0.15, 0.2) is 0 Å². The van der Waals surface area contributed by atoms with Crippen LogP contribution in [0.3, 0.4) is 0 Å². The monoisotopic (exact) mass is 246 g/mol. The zero-order chi connectivity index (χ0) is 12.7. The maximum atomic E-state index is 14.0. The number of amides is 1. The molecule has 1 aliphatic heterocycles. The second-order valence-corrected chi connectivity index (χ2v) is 4.18. The van der Waals surface area contributed by atoms with Gasteiger partial charge in [0, 0.05) is 24.4 Å². The molecule has 1 aliphatic rings. The SMILES string of the molecule is Cn1cc(-c2cc3c(cc2F)NCC(=O)N3)cn1. The highest BCUT2D eigenvalue weighted by atomic mass is 19.1. The normalized spacial score (nSPS) is 13.8. The van der Waals surface area contributed by atoms with E-state index in [1.807, 2.05) is 0 Å². The van der Waals surface area contributed by atoms with Crippen molar-refractivity contribution < 1.29 is 9.18 Å². The fraction of sp³-hybridized carbons (Fsp3) is 0.167. The second kappa shape index (κ2) is 3.83. The largest absolute Gasteiger partial charge is 0.374 e. The van der Waals surface area contributed by atoms with Crippen molar-refractivity contribution in [3.05, 3.63) is 30.3 Å². The van der Waals surface area contributed by atoms with Gasteiger partial charge in [-0.25, -0.2) is 4.39 Å². The van der Waals surface area contributed by atoms with E-state index in [9.17, 15) is 9.18 Å². The zero-order valence-corrected chi connectivity index (χ0v) is 9.70. The van der Waals surface area contributed by atoms with E-state index in [1.54, 1.807) is 30.2 Å². The number of benzene rings is 1. The van der Waals surface area contributed by atoms with Crippen molar-refractivity contribution in [2.45, 2.75) is 0 Å². The number of nitrogens with zero attached hydrogens (tertiary/aromatic N) is 2. The Labute approximate surface area is 103 Å². The third kappa shape index (κ3) is 1.71. The van der Waals surface area contributed by atoms with Gasteiger partial charge in [0.25, 0.3) is 0 Å². The minimum atomic E-state index is -0.342. The third-order valence-electron chi connectivity index (χ3n) is 2.84. The first-order valence-electron chi connectivity index (χ1n) is 5.50. The molecule has 0 spiro atoms. The van der Waals surface area contributed by atoms with Crippen LogP contribution in [0.4, 0.5) is 15.8 Å². The fourth-order valence-corrected chi connectivity index (χ4v) is 1.97. The van der Waals surface area contributed by atoms with Crippen LogP contribution in [0.15, 0.2) is 24.5 Å². The van der Waals surface area contributed by atoms with Gasteiger partial charge in [-0.15, -0.1) is 0 Å². The molecule has 1 amide bonds. The minimum absolute atomic E-state index is 0.133. The van der Waals surface area contributed by atoms with E-state index in [1.165, 1.54) is 6.07 Å². The molecule has 1 aromatic carbocycles. The molecule has 1 aromatic heterocycles. The first-order chi connectivity index (χ1) is 8.63. The Balaban J connectivity index is 2.11. The first-order valence-corrected chi connectivity index (χ1v) is 5.50. The van der Waals surface area contributed by atoms with Gasteiger partial charge < -0.3 is 10.6 Å². The zero-order valence-electron chi connectivity index (χ0n) is 9.70. The summed E-state index contributed by atoms with van der Waals surface area (Å²) in [5, 5.41) is 9.58. The van der Waals surface area contributed by atoms with Gasteiger partial charge in [0.05, 0.1) is 24.1 Å². The van der Waals surface area contributed by atoms with Gasteiger partial charge in [0.2, 0.25) is 5.91 Å². The summed E-state index contributed by atoms with van der Waals surface area (Å²) in [7, 11) is 1.77. The van der Waals surface area contributed by atoms with Crippen LogP contribution < -0.4 is 10.6 Å². The number of aromatic nitrogens is 2. The number of carbonyl (C=O) groups excluding carboxylic acids is 1. The number of halogens is 1. The van der Waals surface area contributed by atoms with Gasteiger partial charge in [-0.2, -0.15) is 5.10 Å². The van der Waals surface area contributed by atoms with Crippen molar-refractivity contribution in [1.82, 2.24) is 9.78 Å². The van der Waals surface area contributed by atoms with Crippen molar-refractivity contribution >= 4 is 17.3 Å². The average molecular weight is 246 g/mol. The van der Waals surface area contributed by atoms with E-state index in [2.05, 4.69) is 15.7 Å². The van der Waals surface area contributed by atoms with E-state index in [0.29, 0.717) is 22.5 Å². The third-order valence-corrected chi connectivity index (χ3v) is 2.84. The summed E-state index contributed by atoms with van der Waals surface area (Å²) in [6, 6.07) is 3.00. The van der Waals surface area contributed by atoms with Gasteiger partial charge in [-0.05, 0) is 12.1 Å². The Morgan fingerprint density at radius 1 is 1.39 bits per heavy atom. The second-order valence-electron chi connectivity index (χ2n) is 4.18. The molecule has 0 atom stereocenters. The van der Waals surface area contributed by atoms with E-state index < -0.39 is 0 Å². The van der Waals surface area contributed by atoms with Crippen LogP contribution in [-0.4, -0.2) is 22.2 Å². The molecular weight excluding hydrogens is 235 g/mol. The lowest BCUT2D eigenvalue weighted by Crippen LogP contribution is -2.27. The topological polar surface area (TPSA) is 59.0 Å². The molecule has 0 radical (unpaired) electrons. The predicted molar refractivity (Wildman–Crippen MR) is 65.7 cm³/mol. The highest BCUT2D eigenvalue weighted by Crippen LogP contribution is 2.33. The Bertz CT molecular complexity index is 635. The van der Waals surface area contributed by atoms with Crippen molar-refractivity contribution in [2.24, 2.45) is 7.05 Å². The summed E-state index contributed by atoms with van der Waals surface area (Å²) in [6.45, 7) is 0.165. The molecule has 18 heavy (non-hydrogen) atoms. The molecule has 2 heterocycles. The lowest BCUT2D eigenvalue weighted by Gasteiger charge is -2.19. The number of rotatable bonds is 1. The van der Waals surface area contributed by atoms with Gasteiger partial charge in [0.1, 0.15) is 5.82 Å². The van der Waals surface area contributed by atoms with Crippen LogP contribution in [0.2, 0.25) is 0 Å². The number of nitrogens with one attached hydrogen (secondary N) is 2. The van der Waals surface area contributed by atoms with Crippen LogP contribution in [0.1, 0.15) is 0 Å². The van der Waals surface area contributed by atoms with E-state index >= 15 is 0 Å². The van der Waals surface area contributed by atoms with E-state index in [-0.39, 0.29) is 18.3 Å². The average Bonchev–Trinajstić information content (AvgIpc) is 2.75. The van der Waals surface area contributed by atoms with Crippen LogP contribution in [0.5, 0.6) is 0 Å². The molecule has 5 nitrogen and oxygen atoms in total. The molecule has 2 N–H and O–H groups in total. The number of anilines is 2. The minimum Gasteiger partial charge on any atom is -0.374 e. The highest BCUT2D eigenvalue weighted by molar-refractivity contribution is 6.01. The molecule has 0 aliphatic carbocycles. The summed E-state index contributed by atoms with van der Waals surface area (Å²) in [6.07, 6.45) is 3.31. The first kappa shape index (κ1) is 10.8. The fourth-order valence-electron chi connectivity index (χ4n) is 1.97. The smallest absolute Gasteiger partial charge is 0.243 e. The molecule has 6 heteroatoms. The maximum absolute atomic E-state index is 14.0. The van der Waals surface area contributed by atoms with E-state index in [4.69, 9.17) is 0 Å². The lowest BCUT2D eigenvalue weighted by atomic mass is 10.1. The standard InChI is InChI=1S/C12H11FN4O/c1-17-6-7(4-15-17)8-2-11-10(3-9(8)13)14-5-12(18)16-11/h2-4,6,14H,5H2,1H3,(H,16,18). The number of aryl methyl sites for hydroxylation is 1. The quantitative estimate of drug-likeness (QED) is 0.803.